The molecule has 0 radical (unpaired) electrons. The van der Waals surface area contributed by atoms with Crippen LogP contribution in [0.2, 0.25) is 0 Å². The van der Waals surface area contributed by atoms with Crippen molar-refractivity contribution in [3.63, 3.8) is 0 Å². The number of likely N-dealkylation sites (tertiary alicyclic amines) is 1. The maximum atomic E-state index is 9.44. The second-order valence-corrected chi connectivity index (χ2v) is 6.06. The molecule has 1 aromatic rings. The lowest BCUT2D eigenvalue weighted by Crippen LogP contribution is -2.46. The first-order valence-electron chi connectivity index (χ1n) is 7.17. The van der Waals surface area contributed by atoms with Crippen molar-refractivity contribution in [1.29, 1.82) is 0 Å². The molecule has 19 heavy (non-hydrogen) atoms. The Morgan fingerprint density at radius 2 is 1.89 bits per heavy atom. The average molecular weight is 261 g/mol. The zero-order valence-corrected chi connectivity index (χ0v) is 12.1. The van der Waals surface area contributed by atoms with Crippen molar-refractivity contribution < 1.29 is 10.0 Å². The molecule has 0 spiro atoms. The molecule has 2 rings (SSSR count). The van der Waals surface area contributed by atoms with Crippen LogP contribution in [-0.4, -0.2) is 34.7 Å². The van der Waals surface area contributed by atoms with E-state index in [0.717, 1.165) is 18.7 Å². The van der Waals surface area contributed by atoms with Gasteiger partial charge in [0.25, 0.3) is 0 Å². The molecule has 3 nitrogen and oxygen atoms in total. The van der Waals surface area contributed by atoms with Crippen molar-refractivity contribution >= 4 is 12.6 Å². The SMILES string of the molecule is CC1CC(C)C(C)N(Cc2ccccc2B(O)O)C1. The van der Waals surface area contributed by atoms with E-state index >= 15 is 0 Å². The summed E-state index contributed by atoms with van der Waals surface area (Å²) < 4.78 is 0. The zero-order valence-electron chi connectivity index (χ0n) is 12.1. The maximum absolute atomic E-state index is 9.44. The first-order chi connectivity index (χ1) is 8.99. The van der Waals surface area contributed by atoms with Crippen LogP contribution < -0.4 is 5.46 Å². The molecule has 0 aromatic heterocycles. The monoisotopic (exact) mass is 261 g/mol. The van der Waals surface area contributed by atoms with Crippen molar-refractivity contribution in [2.75, 3.05) is 6.54 Å². The highest BCUT2D eigenvalue weighted by molar-refractivity contribution is 6.59. The van der Waals surface area contributed by atoms with E-state index in [1.807, 2.05) is 18.2 Å². The van der Waals surface area contributed by atoms with Crippen LogP contribution in [0.25, 0.3) is 0 Å². The zero-order chi connectivity index (χ0) is 14.0. The van der Waals surface area contributed by atoms with Gasteiger partial charge in [-0.15, -0.1) is 0 Å². The normalized spacial score (nSPS) is 28.4. The Bertz CT molecular complexity index is 424. The average Bonchev–Trinajstić information content (AvgIpc) is 2.35. The fourth-order valence-corrected chi connectivity index (χ4v) is 3.19. The van der Waals surface area contributed by atoms with Gasteiger partial charge in [-0.05, 0) is 36.2 Å². The number of nitrogens with zero attached hydrogens (tertiary/aromatic N) is 1. The van der Waals surface area contributed by atoms with Gasteiger partial charge in [0.05, 0.1) is 0 Å². The van der Waals surface area contributed by atoms with E-state index in [4.69, 9.17) is 0 Å². The Morgan fingerprint density at radius 3 is 2.58 bits per heavy atom. The summed E-state index contributed by atoms with van der Waals surface area (Å²) in [6, 6.07) is 8.14. The minimum atomic E-state index is -1.38. The predicted molar refractivity (Wildman–Crippen MR) is 79.1 cm³/mol. The summed E-state index contributed by atoms with van der Waals surface area (Å²) in [6.07, 6.45) is 1.28. The number of hydrogen-bond acceptors (Lipinski definition) is 3. The molecule has 1 fully saturated rings. The van der Waals surface area contributed by atoms with E-state index in [0.29, 0.717) is 23.3 Å². The van der Waals surface area contributed by atoms with E-state index < -0.39 is 7.12 Å². The van der Waals surface area contributed by atoms with Crippen molar-refractivity contribution in [3.8, 4) is 0 Å². The van der Waals surface area contributed by atoms with Crippen LogP contribution in [0.5, 0.6) is 0 Å². The smallest absolute Gasteiger partial charge is 0.423 e. The second kappa shape index (κ2) is 6.08. The lowest BCUT2D eigenvalue weighted by atomic mass is 9.76. The van der Waals surface area contributed by atoms with Crippen LogP contribution in [0.1, 0.15) is 32.8 Å². The maximum Gasteiger partial charge on any atom is 0.488 e. The van der Waals surface area contributed by atoms with Crippen molar-refractivity contribution in [3.05, 3.63) is 29.8 Å². The molecule has 1 aromatic carbocycles. The van der Waals surface area contributed by atoms with E-state index in [9.17, 15) is 10.0 Å². The van der Waals surface area contributed by atoms with E-state index in [-0.39, 0.29) is 0 Å². The van der Waals surface area contributed by atoms with E-state index in [1.165, 1.54) is 6.42 Å². The van der Waals surface area contributed by atoms with Crippen molar-refractivity contribution in [2.45, 2.75) is 39.8 Å². The summed E-state index contributed by atoms with van der Waals surface area (Å²) in [5.74, 6) is 1.40. The van der Waals surface area contributed by atoms with Gasteiger partial charge in [-0.25, -0.2) is 0 Å². The van der Waals surface area contributed by atoms with E-state index in [2.05, 4.69) is 25.7 Å². The molecule has 0 bridgehead atoms. The van der Waals surface area contributed by atoms with Crippen LogP contribution in [-0.2, 0) is 6.54 Å². The second-order valence-electron chi connectivity index (χ2n) is 6.06. The predicted octanol–water partition coefficient (Wildman–Crippen LogP) is 1.23. The van der Waals surface area contributed by atoms with Gasteiger partial charge < -0.3 is 10.0 Å². The first-order valence-corrected chi connectivity index (χ1v) is 7.17. The molecule has 0 saturated carbocycles. The first kappa shape index (κ1) is 14.6. The molecule has 0 amide bonds. The number of piperidine rings is 1. The number of rotatable bonds is 3. The lowest BCUT2D eigenvalue weighted by molar-refractivity contribution is 0.0731. The molecular weight excluding hydrogens is 237 g/mol. The lowest BCUT2D eigenvalue weighted by Gasteiger charge is -2.41. The van der Waals surface area contributed by atoms with Gasteiger partial charge in [0, 0.05) is 19.1 Å². The molecule has 1 saturated heterocycles. The summed E-state index contributed by atoms with van der Waals surface area (Å²) in [5, 5.41) is 18.9. The largest absolute Gasteiger partial charge is 0.488 e. The van der Waals surface area contributed by atoms with Crippen LogP contribution >= 0.6 is 0 Å². The van der Waals surface area contributed by atoms with Crippen LogP contribution in [0.15, 0.2) is 24.3 Å². The van der Waals surface area contributed by atoms with Crippen LogP contribution in [0.4, 0.5) is 0 Å². The quantitative estimate of drug-likeness (QED) is 0.804. The third-order valence-electron chi connectivity index (χ3n) is 4.43. The molecule has 3 atom stereocenters. The molecule has 1 aliphatic heterocycles. The van der Waals surface area contributed by atoms with Gasteiger partial charge in [0.1, 0.15) is 0 Å². The molecule has 104 valence electrons. The molecule has 1 aliphatic rings. The fraction of sp³-hybridized carbons (Fsp3) is 0.600. The molecular formula is C15H24BNO2. The molecule has 3 unspecified atom stereocenters. The van der Waals surface area contributed by atoms with Gasteiger partial charge >= 0.3 is 7.12 Å². The number of hydrogen-bond donors (Lipinski definition) is 2. The Kier molecular flexibility index (Phi) is 4.66. The molecule has 2 N–H and O–H groups in total. The Hall–Kier alpha value is -0.835. The highest BCUT2D eigenvalue weighted by atomic mass is 16.4. The molecule has 1 heterocycles. The Morgan fingerprint density at radius 1 is 1.21 bits per heavy atom. The Balaban J connectivity index is 2.16. The van der Waals surface area contributed by atoms with Gasteiger partial charge in [0.15, 0.2) is 0 Å². The van der Waals surface area contributed by atoms with Gasteiger partial charge in [-0.2, -0.15) is 0 Å². The summed E-state index contributed by atoms with van der Waals surface area (Å²) in [7, 11) is -1.38. The van der Waals surface area contributed by atoms with Gasteiger partial charge in [-0.3, -0.25) is 4.90 Å². The highest BCUT2D eigenvalue weighted by Gasteiger charge is 2.29. The van der Waals surface area contributed by atoms with Gasteiger partial charge in [0.2, 0.25) is 0 Å². The summed E-state index contributed by atoms with van der Waals surface area (Å²) in [6.45, 7) is 8.75. The van der Waals surface area contributed by atoms with Gasteiger partial charge in [-0.1, -0.05) is 38.1 Å². The minimum Gasteiger partial charge on any atom is -0.423 e. The van der Waals surface area contributed by atoms with Crippen LogP contribution in [0.3, 0.4) is 0 Å². The van der Waals surface area contributed by atoms with Crippen molar-refractivity contribution in [1.82, 2.24) is 4.90 Å². The number of benzene rings is 1. The summed E-state index contributed by atoms with van der Waals surface area (Å²) in [4.78, 5) is 2.46. The summed E-state index contributed by atoms with van der Waals surface area (Å²) in [5.41, 5.74) is 1.64. The fourth-order valence-electron chi connectivity index (χ4n) is 3.19. The standard InChI is InChI=1S/C15H24BNO2/c1-11-8-12(2)13(3)17(9-11)10-14-6-4-5-7-15(14)16(18)19/h4-7,11-13,18-19H,8-10H2,1-3H3. The van der Waals surface area contributed by atoms with Crippen molar-refractivity contribution in [2.24, 2.45) is 11.8 Å². The topological polar surface area (TPSA) is 43.7 Å². The summed E-state index contributed by atoms with van der Waals surface area (Å²) >= 11 is 0. The minimum absolute atomic E-state index is 0.542. The highest BCUT2D eigenvalue weighted by Crippen LogP contribution is 2.27. The third-order valence-corrected chi connectivity index (χ3v) is 4.43. The van der Waals surface area contributed by atoms with E-state index in [1.54, 1.807) is 6.07 Å². The molecule has 4 heteroatoms. The molecule has 0 aliphatic carbocycles. The Labute approximate surface area is 116 Å². The van der Waals surface area contributed by atoms with Crippen LogP contribution in [0, 0.1) is 11.8 Å². The third kappa shape index (κ3) is 3.38.